The summed E-state index contributed by atoms with van der Waals surface area (Å²) in [6.07, 6.45) is 5.60. The minimum Gasteiger partial charge on any atom is -0.369 e. The summed E-state index contributed by atoms with van der Waals surface area (Å²) in [5, 5.41) is 7.88. The number of allylic oxidation sites excluding steroid dienone is 1. The molecular formula is C24H38ClN5. The first-order valence-corrected chi connectivity index (χ1v) is 11.5. The van der Waals surface area contributed by atoms with E-state index in [4.69, 9.17) is 11.6 Å². The smallest absolute Gasteiger partial charge is 0.125 e. The van der Waals surface area contributed by atoms with Gasteiger partial charge in [-0.1, -0.05) is 30.7 Å². The molecule has 166 valence electrons. The first-order valence-electron chi connectivity index (χ1n) is 11.2. The van der Waals surface area contributed by atoms with Crippen LogP contribution in [0.3, 0.4) is 0 Å². The third-order valence-electron chi connectivity index (χ3n) is 5.51. The van der Waals surface area contributed by atoms with Crippen LogP contribution in [-0.4, -0.2) is 57.2 Å². The molecule has 0 aromatic heterocycles. The van der Waals surface area contributed by atoms with E-state index in [0.29, 0.717) is 0 Å². The number of hydrogen-bond donors (Lipinski definition) is 2. The molecule has 0 saturated carbocycles. The van der Waals surface area contributed by atoms with Gasteiger partial charge in [0.05, 0.1) is 0 Å². The Kier molecular flexibility index (Phi) is 11.1. The third-order valence-corrected chi connectivity index (χ3v) is 5.93. The Labute approximate surface area is 187 Å². The molecule has 1 aliphatic rings. The molecule has 0 heterocycles. The van der Waals surface area contributed by atoms with E-state index in [9.17, 15) is 0 Å². The minimum atomic E-state index is 0.838. The van der Waals surface area contributed by atoms with Crippen molar-refractivity contribution < 1.29 is 0 Å². The predicted molar refractivity (Wildman–Crippen MR) is 131 cm³/mol. The molecule has 1 aromatic rings. The van der Waals surface area contributed by atoms with Crippen LogP contribution in [0, 0.1) is 6.92 Å². The average Bonchev–Trinajstić information content (AvgIpc) is 2.76. The van der Waals surface area contributed by atoms with Gasteiger partial charge >= 0.3 is 0 Å². The molecule has 0 radical (unpaired) electrons. The fourth-order valence-electron chi connectivity index (χ4n) is 3.92. The summed E-state index contributed by atoms with van der Waals surface area (Å²) in [5.41, 5.74) is 4.82. The predicted octanol–water partition coefficient (Wildman–Crippen LogP) is 4.60. The largest absolute Gasteiger partial charge is 0.369 e. The maximum atomic E-state index is 6.16. The molecule has 2 rings (SSSR count). The number of nitrogens with zero attached hydrogens (tertiary/aromatic N) is 3. The standard InChI is InChI=1S/C24H38ClN5/c1-5-15-30(18-20-10-11-22(25)19(2)17-20)16-14-28-12-13-29-24(27-4)21-8-6-7-9-23(21)26-3/h10-11,17,28H,3,5-9,12-16,18H2,1-2,4H3,(H,27,29). The van der Waals surface area contributed by atoms with Gasteiger partial charge in [0.15, 0.2) is 0 Å². The maximum Gasteiger partial charge on any atom is 0.125 e. The molecule has 0 amide bonds. The van der Waals surface area contributed by atoms with Crippen LogP contribution in [0.25, 0.3) is 0 Å². The van der Waals surface area contributed by atoms with E-state index in [0.717, 1.165) is 80.6 Å². The summed E-state index contributed by atoms with van der Waals surface area (Å²) in [7, 11) is 1.85. The summed E-state index contributed by atoms with van der Waals surface area (Å²) in [4.78, 5) is 11.2. The lowest BCUT2D eigenvalue weighted by Gasteiger charge is -2.23. The molecule has 30 heavy (non-hydrogen) atoms. The highest BCUT2D eigenvalue weighted by atomic mass is 35.5. The molecule has 0 spiro atoms. The minimum absolute atomic E-state index is 0.838. The maximum absolute atomic E-state index is 6.16. The van der Waals surface area contributed by atoms with Gasteiger partial charge in [-0.25, -0.2) is 0 Å². The van der Waals surface area contributed by atoms with Gasteiger partial charge < -0.3 is 10.6 Å². The molecule has 0 bridgehead atoms. The van der Waals surface area contributed by atoms with E-state index >= 15 is 0 Å². The number of benzene rings is 1. The lowest BCUT2D eigenvalue weighted by Crippen LogP contribution is -2.37. The summed E-state index contributed by atoms with van der Waals surface area (Å²) >= 11 is 6.16. The monoisotopic (exact) mass is 431 g/mol. The molecule has 0 atom stereocenters. The number of nitrogens with one attached hydrogen (secondary N) is 2. The molecule has 1 aromatic carbocycles. The molecule has 2 N–H and O–H groups in total. The molecular weight excluding hydrogens is 394 g/mol. The Morgan fingerprint density at radius 1 is 1.17 bits per heavy atom. The van der Waals surface area contributed by atoms with E-state index in [2.05, 4.69) is 58.2 Å². The number of halogens is 1. The van der Waals surface area contributed by atoms with Gasteiger partial charge in [-0.2, -0.15) is 0 Å². The van der Waals surface area contributed by atoms with Crippen LogP contribution in [-0.2, 0) is 6.54 Å². The highest BCUT2D eigenvalue weighted by Crippen LogP contribution is 2.25. The van der Waals surface area contributed by atoms with Crippen molar-refractivity contribution >= 4 is 24.2 Å². The zero-order chi connectivity index (χ0) is 21.8. The van der Waals surface area contributed by atoms with Crippen molar-refractivity contribution in [1.29, 1.82) is 0 Å². The van der Waals surface area contributed by atoms with Crippen molar-refractivity contribution in [2.24, 2.45) is 9.98 Å². The zero-order valence-corrected chi connectivity index (χ0v) is 19.7. The van der Waals surface area contributed by atoms with Crippen molar-refractivity contribution in [3.8, 4) is 0 Å². The van der Waals surface area contributed by atoms with Crippen LogP contribution in [0.15, 0.2) is 39.5 Å². The van der Waals surface area contributed by atoms with Gasteiger partial charge in [0.1, 0.15) is 5.84 Å². The van der Waals surface area contributed by atoms with Gasteiger partial charge in [-0.05, 0) is 69.5 Å². The van der Waals surface area contributed by atoms with E-state index in [1.807, 2.05) is 13.1 Å². The molecule has 1 aliphatic carbocycles. The Bertz CT molecular complexity index is 741. The van der Waals surface area contributed by atoms with Crippen molar-refractivity contribution in [3.63, 3.8) is 0 Å². The van der Waals surface area contributed by atoms with Crippen LogP contribution >= 0.6 is 11.6 Å². The van der Waals surface area contributed by atoms with Crippen LogP contribution in [0.4, 0.5) is 0 Å². The summed E-state index contributed by atoms with van der Waals surface area (Å²) in [5.74, 6) is 0.976. The molecule has 0 saturated heterocycles. The number of amidine groups is 1. The van der Waals surface area contributed by atoms with Crippen molar-refractivity contribution in [2.75, 3.05) is 39.8 Å². The second-order valence-electron chi connectivity index (χ2n) is 7.90. The molecule has 0 fully saturated rings. The van der Waals surface area contributed by atoms with Gasteiger partial charge in [-0.3, -0.25) is 14.9 Å². The molecule has 5 nitrogen and oxygen atoms in total. The molecule has 6 heteroatoms. The van der Waals surface area contributed by atoms with E-state index < -0.39 is 0 Å². The first-order chi connectivity index (χ1) is 14.6. The SMILES string of the molecule is C=NC1=C(C(=NC)NCCNCCN(CCC)Cc2ccc(Cl)c(C)c2)CCCC1. The second kappa shape index (κ2) is 13.6. The van der Waals surface area contributed by atoms with Crippen LogP contribution < -0.4 is 10.6 Å². The van der Waals surface area contributed by atoms with E-state index in [1.165, 1.54) is 24.0 Å². The topological polar surface area (TPSA) is 52.0 Å². The van der Waals surface area contributed by atoms with E-state index in [1.54, 1.807) is 0 Å². The second-order valence-corrected chi connectivity index (χ2v) is 8.31. The summed E-state index contributed by atoms with van der Waals surface area (Å²) < 4.78 is 0. The highest BCUT2D eigenvalue weighted by molar-refractivity contribution is 6.31. The van der Waals surface area contributed by atoms with Gasteiger partial charge in [0.2, 0.25) is 0 Å². The lowest BCUT2D eigenvalue weighted by molar-refractivity contribution is 0.266. The Hall–Kier alpha value is -1.69. The van der Waals surface area contributed by atoms with Crippen LogP contribution in [0.2, 0.25) is 5.02 Å². The summed E-state index contributed by atoms with van der Waals surface area (Å²) in [6, 6.07) is 6.33. The zero-order valence-electron chi connectivity index (χ0n) is 18.9. The number of aryl methyl sites for hydroxylation is 1. The Balaban J connectivity index is 1.73. The lowest BCUT2D eigenvalue weighted by atomic mass is 9.95. The number of aliphatic imine (C=N–C) groups is 2. The van der Waals surface area contributed by atoms with E-state index in [-0.39, 0.29) is 0 Å². The number of rotatable bonds is 12. The Morgan fingerprint density at radius 2 is 1.97 bits per heavy atom. The third kappa shape index (κ3) is 7.86. The average molecular weight is 432 g/mol. The van der Waals surface area contributed by atoms with Crippen molar-refractivity contribution in [1.82, 2.24) is 15.5 Å². The normalized spacial score (nSPS) is 15.0. The van der Waals surface area contributed by atoms with Crippen LogP contribution in [0.1, 0.15) is 50.2 Å². The van der Waals surface area contributed by atoms with Crippen molar-refractivity contribution in [2.45, 2.75) is 52.5 Å². The highest BCUT2D eigenvalue weighted by Gasteiger charge is 2.16. The number of hydrogen-bond acceptors (Lipinski definition) is 4. The summed E-state index contributed by atoms with van der Waals surface area (Å²) in [6.45, 7) is 13.8. The van der Waals surface area contributed by atoms with Gasteiger partial charge in [0.25, 0.3) is 0 Å². The Morgan fingerprint density at radius 3 is 2.67 bits per heavy atom. The molecule has 0 unspecified atom stereocenters. The fraction of sp³-hybridized carbons (Fsp3) is 0.583. The molecule has 0 aliphatic heterocycles. The fourth-order valence-corrected chi connectivity index (χ4v) is 4.04. The van der Waals surface area contributed by atoms with Gasteiger partial charge in [0, 0.05) is 56.1 Å². The first kappa shape index (κ1) is 24.6. The van der Waals surface area contributed by atoms with Gasteiger partial charge in [-0.15, -0.1) is 0 Å². The van der Waals surface area contributed by atoms with Crippen LogP contribution in [0.5, 0.6) is 0 Å². The van der Waals surface area contributed by atoms with Crippen molar-refractivity contribution in [3.05, 3.63) is 45.6 Å². The quantitative estimate of drug-likeness (QED) is 0.289.